The van der Waals surface area contributed by atoms with Crippen molar-refractivity contribution in [1.82, 2.24) is 14.8 Å². The number of hydrogen-bond acceptors (Lipinski definition) is 2. The van der Waals surface area contributed by atoms with Crippen LogP contribution in [0.2, 0.25) is 0 Å². The Bertz CT molecular complexity index is 1440. The fraction of sp³-hybridized carbons (Fsp3) is 0.276. The minimum Gasteiger partial charge on any atom is -0.361 e. The molecule has 3 aromatic carbocycles. The first-order chi connectivity index (χ1) is 18.5. The summed E-state index contributed by atoms with van der Waals surface area (Å²) in [6.45, 7) is 1.60. The topological polar surface area (TPSA) is 39.3 Å². The molecular formula is C29H26ClF6N3O. The van der Waals surface area contributed by atoms with Gasteiger partial charge < -0.3 is 9.88 Å². The van der Waals surface area contributed by atoms with E-state index in [9.17, 15) is 31.1 Å². The van der Waals surface area contributed by atoms with Crippen LogP contribution in [0.15, 0.2) is 79.0 Å². The highest BCUT2D eigenvalue weighted by Gasteiger charge is 2.39. The maximum atomic E-state index is 13.6. The van der Waals surface area contributed by atoms with Crippen LogP contribution in [0.1, 0.15) is 32.6 Å². The molecule has 212 valence electrons. The quantitative estimate of drug-likeness (QED) is 0.253. The van der Waals surface area contributed by atoms with Gasteiger partial charge >= 0.3 is 12.4 Å². The molecule has 1 amide bonds. The van der Waals surface area contributed by atoms with Crippen LogP contribution in [0.25, 0.3) is 10.9 Å². The van der Waals surface area contributed by atoms with Crippen molar-refractivity contribution in [2.75, 3.05) is 19.6 Å². The van der Waals surface area contributed by atoms with Gasteiger partial charge in [0.1, 0.15) is 0 Å². The molecule has 1 N–H and O–H groups in total. The summed E-state index contributed by atoms with van der Waals surface area (Å²) in [5.41, 5.74) is -0.758. The van der Waals surface area contributed by atoms with Gasteiger partial charge in [-0.2, -0.15) is 26.3 Å². The van der Waals surface area contributed by atoms with Gasteiger partial charge in [0.15, 0.2) is 0 Å². The lowest BCUT2D eigenvalue weighted by atomic mass is 9.98. The number of carbonyl (C=O) groups is 1. The average molecular weight is 582 g/mol. The molecule has 4 nitrogen and oxygen atoms in total. The van der Waals surface area contributed by atoms with E-state index in [1.54, 1.807) is 0 Å². The van der Waals surface area contributed by atoms with Gasteiger partial charge in [-0.25, -0.2) is 0 Å². The number of benzene rings is 3. The van der Waals surface area contributed by atoms with Gasteiger partial charge in [-0.05, 0) is 41.8 Å². The number of carbonyl (C=O) groups excluding carboxylic acids is 1. The third-order valence-corrected chi connectivity index (χ3v) is 7.04. The number of nitrogens with zero attached hydrogens (tertiary/aromatic N) is 2. The van der Waals surface area contributed by atoms with E-state index in [0.29, 0.717) is 38.2 Å². The number of aromatic nitrogens is 1. The van der Waals surface area contributed by atoms with Gasteiger partial charge in [0.2, 0.25) is 0 Å². The van der Waals surface area contributed by atoms with E-state index in [-0.39, 0.29) is 25.0 Å². The molecule has 1 saturated heterocycles. The molecule has 1 fully saturated rings. The highest BCUT2D eigenvalue weighted by Crippen LogP contribution is 2.37. The normalized spacial score (nSPS) is 16.6. The van der Waals surface area contributed by atoms with E-state index in [1.807, 2.05) is 60.8 Å². The molecule has 0 bridgehead atoms. The van der Waals surface area contributed by atoms with Crippen LogP contribution in [-0.2, 0) is 25.3 Å². The zero-order valence-corrected chi connectivity index (χ0v) is 21.9. The standard InChI is InChI=1S/C29H25F6N3O.ClH/c30-28(31,32)22-12-20(13-23(15-22)29(33,34)35)27(39)38-11-10-37(17-19-6-2-1-3-7-19)18-24(38)14-21-16-36-26-9-5-4-8-25(21)26;/h1-9,12-13,15-16,24,36H,10-11,14,17-18H2;1H/t24-;/m1./s1. The Morgan fingerprint density at radius 1 is 0.850 bits per heavy atom. The Kier molecular flexibility index (Phi) is 8.51. The zero-order valence-electron chi connectivity index (χ0n) is 21.1. The summed E-state index contributed by atoms with van der Waals surface area (Å²) in [5, 5.41) is 0.948. The molecule has 1 atom stereocenters. The van der Waals surface area contributed by atoms with Crippen LogP contribution in [-0.4, -0.2) is 46.4 Å². The molecule has 0 spiro atoms. The van der Waals surface area contributed by atoms with Gasteiger partial charge in [-0.3, -0.25) is 9.69 Å². The fourth-order valence-electron chi connectivity index (χ4n) is 5.15. The number of hydrogen-bond donors (Lipinski definition) is 1. The predicted octanol–water partition coefficient (Wildman–Crippen LogP) is 7.20. The lowest BCUT2D eigenvalue weighted by Crippen LogP contribution is -2.55. The number of halogens is 7. The third-order valence-electron chi connectivity index (χ3n) is 7.04. The minimum atomic E-state index is -5.03. The van der Waals surface area contributed by atoms with Crippen LogP contribution in [0.5, 0.6) is 0 Å². The second kappa shape index (κ2) is 11.5. The van der Waals surface area contributed by atoms with Crippen LogP contribution in [0.4, 0.5) is 26.3 Å². The molecular weight excluding hydrogens is 556 g/mol. The van der Waals surface area contributed by atoms with Gasteiger partial charge in [-0.1, -0.05) is 48.5 Å². The molecule has 1 aromatic heterocycles. The first-order valence-corrected chi connectivity index (χ1v) is 12.4. The van der Waals surface area contributed by atoms with E-state index in [2.05, 4.69) is 9.88 Å². The monoisotopic (exact) mass is 581 g/mol. The summed E-state index contributed by atoms with van der Waals surface area (Å²) < 4.78 is 80.8. The molecule has 11 heteroatoms. The van der Waals surface area contributed by atoms with Crippen molar-refractivity contribution in [3.63, 3.8) is 0 Å². The van der Waals surface area contributed by atoms with Crippen LogP contribution < -0.4 is 0 Å². The highest BCUT2D eigenvalue weighted by molar-refractivity contribution is 5.95. The SMILES string of the molecule is Cl.O=C(c1cc(C(F)(F)F)cc(C(F)(F)F)c1)N1CCN(Cc2ccccc2)C[C@H]1Cc1c[nH]c2ccccc12. The summed E-state index contributed by atoms with van der Waals surface area (Å²) in [6, 6.07) is 17.9. The number of rotatable bonds is 5. The number of nitrogens with one attached hydrogen (secondary N) is 1. The summed E-state index contributed by atoms with van der Waals surface area (Å²) in [4.78, 5) is 20.3. The molecule has 0 radical (unpaired) electrons. The molecule has 4 aromatic rings. The maximum absolute atomic E-state index is 13.6. The molecule has 2 heterocycles. The highest BCUT2D eigenvalue weighted by atomic mass is 35.5. The van der Waals surface area contributed by atoms with Crippen molar-refractivity contribution in [2.45, 2.75) is 31.4 Å². The molecule has 1 aliphatic rings. The Hall–Kier alpha value is -3.50. The van der Waals surface area contributed by atoms with Gasteiger partial charge in [-0.15, -0.1) is 12.4 Å². The molecule has 0 unspecified atom stereocenters. The van der Waals surface area contributed by atoms with Crippen molar-refractivity contribution in [1.29, 1.82) is 0 Å². The number of amides is 1. The van der Waals surface area contributed by atoms with Crippen LogP contribution >= 0.6 is 12.4 Å². The smallest absolute Gasteiger partial charge is 0.361 e. The lowest BCUT2D eigenvalue weighted by molar-refractivity contribution is -0.143. The fourth-order valence-corrected chi connectivity index (χ4v) is 5.15. The number of H-pyrrole nitrogens is 1. The summed E-state index contributed by atoms with van der Waals surface area (Å²) in [5.74, 6) is -0.851. The van der Waals surface area contributed by atoms with E-state index < -0.39 is 41.0 Å². The van der Waals surface area contributed by atoms with Crippen LogP contribution in [0.3, 0.4) is 0 Å². The molecule has 1 aliphatic heterocycles. The number of aromatic amines is 1. The van der Waals surface area contributed by atoms with E-state index in [0.717, 1.165) is 22.0 Å². The van der Waals surface area contributed by atoms with E-state index in [4.69, 9.17) is 0 Å². The number of fused-ring (bicyclic) bond motifs is 1. The molecule has 0 aliphatic carbocycles. The first-order valence-electron chi connectivity index (χ1n) is 12.4. The van der Waals surface area contributed by atoms with Crippen molar-refractivity contribution >= 4 is 29.2 Å². The van der Waals surface area contributed by atoms with Gasteiger partial charge in [0.05, 0.1) is 11.1 Å². The molecule has 0 saturated carbocycles. The second-order valence-electron chi connectivity index (χ2n) is 9.73. The van der Waals surface area contributed by atoms with Crippen molar-refractivity contribution in [3.8, 4) is 0 Å². The minimum absolute atomic E-state index is 0. The van der Waals surface area contributed by atoms with Crippen molar-refractivity contribution in [2.24, 2.45) is 0 Å². The third kappa shape index (κ3) is 6.45. The van der Waals surface area contributed by atoms with Crippen molar-refractivity contribution in [3.05, 3.63) is 107 Å². The number of piperazine rings is 1. The molecule has 5 rings (SSSR count). The summed E-state index contributed by atoms with van der Waals surface area (Å²) in [7, 11) is 0. The van der Waals surface area contributed by atoms with Crippen LogP contribution in [0, 0.1) is 0 Å². The Labute approximate surface area is 233 Å². The Balaban J connectivity index is 0.00000370. The summed E-state index contributed by atoms with van der Waals surface area (Å²) in [6.07, 6.45) is -7.86. The predicted molar refractivity (Wildman–Crippen MR) is 142 cm³/mol. The number of para-hydroxylation sites is 1. The first kappa shape index (κ1) is 29.5. The van der Waals surface area contributed by atoms with E-state index in [1.165, 1.54) is 4.90 Å². The second-order valence-corrected chi connectivity index (χ2v) is 9.73. The van der Waals surface area contributed by atoms with Gasteiger partial charge in [0.25, 0.3) is 5.91 Å². The largest absolute Gasteiger partial charge is 0.416 e. The number of alkyl halides is 6. The molecule has 40 heavy (non-hydrogen) atoms. The van der Waals surface area contributed by atoms with Gasteiger partial charge in [0, 0.05) is 54.9 Å². The Morgan fingerprint density at radius 3 is 2.12 bits per heavy atom. The lowest BCUT2D eigenvalue weighted by Gasteiger charge is -2.42. The summed E-state index contributed by atoms with van der Waals surface area (Å²) >= 11 is 0. The zero-order chi connectivity index (χ0) is 27.8. The maximum Gasteiger partial charge on any atom is 0.416 e. The van der Waals surface area contributed by atoms with E-state index >= 15 is 0 Å². The average Bonchev–Trinajstić information content (AvgIpc) is 3.30. The van der Waals surface area contributed by atoms with Crippen molar-refractivity contribution < 1.29 is 31.1 Å². The Morgan fingerprint density at radius 2 is 1.48 bits per heavy atom.